The van der Waals surface area contributed by atoms with Crippen molar-refractivity contribution in [1.29, 1.82) is 0 Å². The number of ether oxygens (including phenoxy) is 1. The van der Waals surface area contributed by atoms with Crippen molar-refractivity contribution in [2.45, 2.75) is 17.9 Å². The van der Waals surface area contributed by atoms with Crippen LogP contribution in [0.2, 0.25) is 0 Å². The second kappa shape index (κ2) is 8.54. The third-order valence-electron chi connectivity index (χ3n) is 5.38. The summed E-state index contributed by atoms with van der Waals surface area (Å²) < 4.78 is 56.0. The Morgan fingerprint density at radius 3 is 2.54 bits per heavy atom. The van der Waals surface area contributed by atoms with Crippen LogP contribution in [0.1, 0.15) is 16.2 Å². The van der Waals surface area contributed by atoms with Crippen LogP contribution in [0.5, 0.6) is 5.75 Å². The highest BCUT2D eigenvalue weighted by Crippen LogP contribution is 2.33. The van der Waals surface area contributed by atoms with Gasteiger partial charge in [0.1, 0.15) is 23.7 Å². The molecule has 1 N–H and O–H groups in total. The molecule has 0 aliphatic carbocycles. The second-order valence-electron chi connectivity index (χ2n) is 7.82. The molecule has 0 saturated carbocycles. The van der Waals surface area contributed by atoms with Gasteiger partial charge in [0.25, 0.3) is 5.91 Å². The molecule has 0 radical (unpaired) electrons. The monoisotopic (exact) mass is 519 g/mol. The van der Waals surface area contributed by atoms with E-state index in [2.05, 4.69) is 25.0 Å². The molecule has 0 saturated heterocycles. The van der Waals surface area contributed by atoms with Crippen LogP contribution in [-0.4, -0.2) is 45.2 Å². The fraction of sp³-hybridized carbons (Fsp3) is 0.182. The highest BCUT2D eigenvalue weighted by atomic mass is 35.5. The molecule has 9 nitrogen and oxygen atoms in total. The number of anilines is 1. The summed E-state index contributed by atoms with van der Waals surface area (Å²) in [5, 5.41) is 2.69. The molecule has 0 fully saturated rings. The number of hydrogen-bond donors (Lipinski definition) is 1. The Kier molecular flexibility index (Phi) is 5.64. The number of sulfone groups is 1. The van der Waals surface area contributed by atoms with E-state index in [1.54, 1.807) is 24.5 Å². The number of carbonyl (C=O) groups is 1. The van der Waals surface area contributed by atoms with Gasteiger partial charge in [-0.3, -0.25) is 4.79 Å². The van der Waals surface area contributed by atoms with Gasteiger partial charge >= 0.3 is 5.57 Å². The number of nitrogens with zero attached hydrogens (tertiary/aromatic N) is 4. The first kappa shape index (κ1) is 23.1. The molecule has 4 aromatic rings. The largest absolute Gasteiger partial charge is 0.487 e. The van der Waals surface area contributed by atoms with Crippen molar-refractivity contribution in [3.63, 3.8) is 0 Å². The van der Waals surface area contributed by atoms with Crippen molar-refractivity contribution >= 4 is 44.1 Å². The van der Waals surface area contributed by atoms with Crippen LogP contribution in [0.25, 0.3) is 22.2 Å². The topological polar surface area (TPSA) is 116 Å². The van der Waals surface area contributed by atoms with Crippen molar-refractivity contribution in [3.8, 4) is 16.9 Å². The quantitative estimate of drug-likeness (QED) is 0.398. The third kappa shape index (κ3) is 4.93. The van der Waals surface area contributed by atoms with E-state index >= 15 is 0 Å². The summed E-state index contributed by atoms with van der Waals surface area (Å²) in [5.41, 5.74) is -0.865. The van der Waals surface area contributed by atoms with E-state index in [9.17, 15) is 22.0 Å². The lowest BCUT2D eigenvalue weighted by Crippen LogP contribution is -2.24. The summed E-state index contributed by atoms with van der Waals surface area (Å²) in [5.74, 6) is -0.458. The summed E-state index contributed by atoms with van der Waals surface area (Å²) in [6.07, 6.45) is 4.56. The Bertz CT molecular complexity index is 1540. The molecule has 0 unspecified atom stereocenters. The first-order valence-corrected chi connectivity index (χ1v) is 12.4. The van der Waals surface area contributed by atoms with Gasteiger partial charge in [-0.25, -0.2) is 23.4 Å². The van der Waals surface area contributed by atoms with E-state index in [0.717, 1.165) is 0 Å². The number of aromatic nitrogens is 4. The predicted molar refractivity (Wildman–Crippen MR) is 124 cm³/mol. The van der Waals surface area contributed by atoms with Gasteiger partial charge in [0.15, 0.2) is 9.84 Å². The van der Waals surface area contributed by atoms with Crippen LogP contribution < -0.4 is 10.1 Å². The Labute approximate surface area is 202 Å². The summed E-state index contributed by atoms with van der Waals surface area (Å²) in [6, 6.07) is 8.49. The molecule has 0 bridgehead atoms. The van der Waals surface area contributed by atoms with E-state index in [-0.39, 0.29) is 29.4 Å². The fourth-order valence-electron chi connectivity index (χ4n) is 3.90. The Hall–Kier alpha value is -3.64. The number of halogens is 3. The number of fused-ring (bicyclic) bond motifs is 3. The molecule has 1 amide bonds. The Morgan fingerprint density at radius 1 is 1.14 bits per heavy atom. The number of hydrogen-bond acceptors (Lipinski definition) is 7. The van der Waals surface area contributed by atoms with E-state index in [1.165, 1.54) is 30.6 Å². The van der Waals surface area contributed by atoms with Crippen molar-refractivity contribution in [1.82, 2.24) is 19.5 Å². The lowest BCUT2D eigenvalue weighted by Gasteiger charge is -2.16. The van der Waals surface area contributed by atoms with Gasteiger partial charge in [-0.05, 0) is 36.4 Å². The molecule has 5 rings (SSSR count). The van der Waals surface area contributed by atoms with E-state index in [0.29, 0.717) is 33.7 Å². The highest BCUT2D eigenvalue weighted by Gasteiger charge is 2.28. The van der Waals surface area contributed by atoms with Gasteiger partial charge in [-0.1, -0.05) is 0 Å². The summed E-state index contributed by atoms with van der Waals surface area (Å²) in [4.78, 5) is 25.7. The molecule has 2 aromatic heterocycles. The van der Waals surface area contributed by atoms with Crippen molar-refractivity contribution in [2.75, 3.05) is 11.1 Å². The molecule has 35 heavy (non-hydrogen) atoms. The predicted octanol–water partition coefficient (Wildman–Crippen LogP) is 3.84. The van der Waals surface area contributed by atoms with Crippen LogP contribution in [0.4, 0.5) is 14.5 Å². The number of nitrogens with one attached hydrogen (secondary N) is 1. The number of amides is 1. The lowest BCUT2D eigenvalue weighted by atomic mass is 10.0. The molecule has 0 spiro atoms. The number of benzene rings is 2. The molecule has 0 atom stereocenters. The number of aryl methyl sites for hydroxylation is 1. The standard InChI is InChI=1S/C22H16ClF2N5O4S/c23-22(24,25)34-16-3-1-15(2-4-16)28-21(31)13-7-17(14-9-26-12-27-10-14)20-18(8-13)29-19-11-35(32,33)6-5-30(19)20/h1-4,7-10,12H,5-6,11H2,(H,28,31). The Morgan fingerprint density at radius 2 is 1.86 bits per heavy atom. The summed E-state index contributed by atoms with van der Waals surface area (Å²) in [7, 11) is -3.26. The minimum absolute atomic E-state index is 0.00616. The van der Waals surface area contributed by atoms with Crippen LogP contribution in [0.15, 0.2) is 55.1 Å². The Balaban J connectivity index is 1.53. The average Bonchev–Trinajstić information content (AvgIpc) is 3.15. The molecule has 1 aliphatic rings. The minimum Gasteiger partial charge on any atom is -0.420 e. The van der Waals surface area contributed by atoms with Gasteiger partial charge in [0.2, 0.25) is 0 Å². The fourth-order valence-corrected chi connectivity index (χ4v) is 5.21. The molecule has 2 aromatic carbocycles. The maximum absolute atomic E-state index is 13.1. The number of imidazole rings is 1. The first-order chi connectivity index (χ1) is 16.6. The van der Waals surface area contributed by atoms with Crippen molar-refractivity contribution < 1.29 is 26.7 Å². The molecule has 180 valence electrons. The number of alkyl halides is 3. The smallest absolute Gasteiger partial charge is 0.420 e. The summed E-state index contributed by atoms with van der Waals surface area (Å²) in [6.45, 7) is 0.246. The molecule has 3 heterocycles. The van der Waals surface area contributed by atoms with Gasteiger partial charge in [0, 0.05) is 52.9 Å². The maximum Gasteiger partial charge on any atom is 0.487 e. The number of carbonyl (C=O) groups excluding carboxylic acids is 1. The van der Waals surface area contributed by atoms with Crippen LogP contribution >= 0.6 is 11.6 Å². The molecule has 13 heteroatoms. The number of rotatable bonds is 5. The zero-order valence-corrected chi connectivity index (χ0v) is 19.4. The molecular weight excluding hydrogens is 504 g/mol. The van der Waals surface area contributed by atoms with Gasteiger partial charge in [-0.15, -0.1) is 8.78 Å². The summed E-state index contributed by atoms with van der Waals surface area (Å²) >= 11 is 4.76. The van der Waals surface area contributed by atoms with Crippen LogP contribution in [0.3, 0.4) is 0 Å². The van der Waals surface area contributed by atoms with Gasteiger partial charge < -0.3 is 14.6 Å². The van der Waals surface area contributed by atoms with E-state index in [4.69, 9.17) is 11.6 Å². The van der Waals surface area contributed by atoms with E-state index < -0.39 is 21.3 Å². The van der Waals surface area contributed by atoms with E-state index in [1.807, 2.05) is 4.57 Å². The second-order valence-corrected chi connectivity index (χ2v) is 10.4. The van der Waals surface area contributed by atoms with Gasteiger partial charge in [0.05, 0.1) is 16.8 Å². The average molecular weight is 520 g/mol. The lowest BCUT2D eigenvalue weighted by molar-refractivity contribution is -0.0964. The van der Waals surface area contributed by atoms with Crippen molar-refractivity contribution in [3.05, 3.63) is 66.5 Å². The SMILES string of the molecule is O=C(Nc1ccc(OC(F)(F)Cl)cc1)c1cc(-c2cncnc2)c2c(c1)nc1n2CCS(=O)(=O)C1. The molecule has 1 aliphatic heterocycles. The highest BCUT2D eigenvalue weighted by molar-refractivity contribution is 7.90. The minimum atomic E-state index is -3.85. The normalized spacial score (nSPS) is 14.9. The van der Waals surface area contributed by atoms with Crippen LogP contribution in [-0.2, 0) is 22.1 Å². The molecular formula is C22H16ClF2N5O4S. The first-order valence-electron chi connectivity index (χ1n) is 10.2. The zero-order chi connectivity index (χ0) is 24.8. The third-order valence-corrected chi connectivity index (χ3v) is 6.95. The zero-order valence-electron chi connectivity index (χ0n) is 17.8. The van der Waals surface area contributed by atoms with Gasteiger partial charge in [-0.2, -0.15) is 0 Å². The van der Waals surface area contributed by atoms with Crippen molar-refractivity contribution in [2.24, 2.45) is 0 Å². The maximum atomic E-state index is 13.1. The van der Waals surface area contributed by atoms with Crippen LogP contribution in [0, 0.1) is 0 Å².